The number of rotatable bonds is 8. The van der Waals surface area contributed by atoms with E-state index in [2.05, 4.69) is 15.3 Å². The third-order valence-electron chi connectivity index (χ3n) is 6.34. The van der Waals surface area contributed by atoms with E-state index in [1.807, 2.05) is 24.3 Å². The quantitative estimate of drug-likeness (QED) is 0.441. The summed E-state index contributed by atoms with van der Waals surface area (Å²) >= 11 is 0. The summed E-state index contributed by atoms with van der Waals surface area (Å²) in [6.07, 6.45) is 4.57. The third kappa shape index (κ3) is 6.70. The van der Waals surface area contributed by atoms with Crippen molar-refractivity contribution in [3.63, 3.8) is 0 Å². The van der Waals surface area contributed by atoms with Crippen LogP contribution in [0.25, 0.3) is 0 Å². The Hall–Kier alpha value is -4.47. The molecule has 39 heavy (non-hydrogen) atoms. The molecule has 0 aliphatic carbocycles. The maximum atomic E-state index is 13.2. The van der Waals surface area contributed by atoms with Gasteiger partial charge in [0.25, 0.3) is 0 Å². The summed E-state index contributed by atoms with van der Waals surface area (Å²) in [7, 11) is 3.26. The van der Waals surface area contributed by atoms with Crippen molar-refractivity contribution in [1.29, 1.82) is 0 Å². The molecule has 1 fully saturated rings. The van der Waals surface area contributed by atoms with Crippen LogP contribution >= 0.6 is 0 Å². The van der Waals surface area contributed by atoms with Crippen LogP contribution in [0.15, 0.2) is 67.1 Å². The fraction of sp³-hybridized carbons (Fsp3) is 0.345. The van der Waals surface area contributed by atoms with Gasteiger partial charge in [-0.2, -0.15) is 0 Å². The van der Waals surface area contributed by atoms with Crippen molar-refractivity contribution in [3.05, 3.63) is 78.2 Å². The van der Waals surface area contributed by atoms with Gasteiger partial charge in [-0.15, -0.1) is 0 Å². The van der Waals surface area contributed by atoms with Gasteiger partial charge >= 0.3 is 6.09 Å². The van der Waals surface area contributed by atoms with Crippen molar-refractivity contribution in [1.82, 2.24) is 15.3 Å². The highest BCUT2D eigenvalue weighted by atomic mass is 16.6. The van der Waals surface area contributed by atoms with Gasteiger partial charge in [-0.25, -0.2) is 9.78 Å². The highest BCUT2D eigenvalue weighted by Crippen LogP contribution is 2.27. The summed E-state index contributed by atoms with van der Waals surface area (Å²) in [6.45, 7) is 5.62. The van der Waals surface area contributed by atoms with Crippen LogP contribution in [0.2, 0.25) is 0 Å². The first-order valence-corrected chi connectivity index (χ1v) is 12.6. The van der Waals surface area contributed by atoms with Crippen LogP contribution in [-0.2, 0) is 27.3 Å². The molecule has 0 unspecified atom stereocenters. The Morgan fingerprint density at radius 1 is 1.00 bits per heavy atom. The molecule has 204 valence electrons. The van der Waals surface area contributed by atoms with E-state index < -0.39 is 23.7 Å². The molecule has 0 radical (unpaired) electrons. The number of pyridine rings is 2. The Bertz CT molecular complexity index is 1320. The highest BCUT2D eigenvalue weighted by molar-refractivity contribution is 6.06. The van der Waals surface area contributed by atoms with Crippen molar-refractivity contribution in [2.45, 2.75) is 45.4 Å². The number of carbonyl (C=O) groups is 3. The molecule has 2 aromatic heterocycles. The molecule has 3 amide bonds. The Kier molecular flexibility index (Phi) is 8.13. The monoisotopic (exact) mass is 531 g/mol. The molecule has 3 heterocycles. The topological polar surface area (TPSA) is 114 Å². The molecule has 0 saturated carbocycles. The molecule has 0 spiro atoms. The number of likely N-dealkylation sites (N-methyl/N-ethyl adjacent to an activating group) is 1. The summed E-state index contributed by atoms with van der Waals surface area (Å²) in [5, 5.41) is 2.73. The zero-order chi connectivity index (χ0) is 28.2. The Morgan fingerprint density at radius 3 is 2.31 bits per heavy atom. The number of β-lactam (4-membered cyclic amide) rings is 1. The van der Waals surface area contributed by atoms with Gasteiger partial charge in [0.15, 0.2) is 0 Å². The van der Waals surface area contributed by atoms with Crippen molar-refractivity contribution in [2.75, 3.05) is 24.0 Å². The van der Waals surface area contributed by atoms with E-state index in [9.17, 15) is 14.4 Å². The molecule has 1 saturated heterocycles. The van der Waals surface area contributed by atoms with Gasteiger partial charge in [0, 0.05) is 31.3 Å². The minimum absolute atomic E-state index is 0.197. The van der Waals surface area contributed by atoms with E-state index in [1.54, 1.807) is 77.8 Å². The van der Waals surface area contributed by atoms with Crippen LogP contribution in [0.1, 0.15) is 31.9 Å². The van der Waals surface area contributed by atoms with E-state index in [1.165, 1.54) is 9.80 Å². The second kappa shape index (κ2) is 11.5. The lowest BCUT2D eigenvalue weighted by atomic mass is 9.84. The van der Waals surface area contributed by atoms with E-state index >= 15 is 0 Å². The number of amides is 3. The van der Waals surface area contributed by atoms with Gasteiger partial charge in [-0.05, 0) is 74.7 Å². The second-order valence-electron chi connectivity index (χ2n) is 10.3. The summed E-state index contributed by atoms with van der Waals surface area (Å²) < 4.78 is 10.9. The molecule has 1 aromatic carbocycles. The number of nitrogens with one attached hydrogen (secondary N) is 1. The summed E-state index contributed by atoms with van der Waals surface area (Å²) in [5.41, 5.74) is 1.61. The van der Waals surface area contributed by atoms with E-state index in [4.69, 9.17) is 9.47 Å². The maximum Gasteiger partial charge on any atom is 0.416 e. The van der Waals surface area contributed by atoms with Crippen molar-refractivity contribution in [3.8, 4) is 5.75 Å². The summed E-state index contributed by atoms with van der Waals surface area (Å²) in [4.78, 5) is 50.2. The van der Waals surface area contributed by atoms with E-state index in [0.29, 0.717) is 23.7 Å². The number of hydrogen-bond acceptors (Lipinski definition) is 7. The molecular weight excluding hydrogens is 498 g/mol. The molecule has 10 nitrogen and oxygen atoms in total. The van der Waals surface area contributed by atoms with E-state index in [0.717, 1.165) is 11.1 Å². The average Bonchev–Trinajstić information content (AvgIpc) is 2.92. The summed E-state index contributed by atoms with van der Waals surface area (Å²) in [5.74, 6) is 0.134. The van der Waals surface area contributed by atoms with Gasteiger partial charge in [-0.3, -0.25) is 19.5 Å². The lowest BCUT2D eigenvalue weighted by molar-refractivity contribution is -0.142. The van der Waals surface area contributed by atoms with Gasteiger partial charge in [0.05, 0.1) is 19.6 Å². The summed E-state index contributed by atoms with van der Waals surface area (Å²) in [6, 6.07) is 13.7. The van der Waals surface area contributed by atoms with Crippen molar-refractivity contribution in [2.24, 2.45) is 5.92 Å². The maximum absolute atomic E-state index is 13.2. The standard InChI is InChI=1S/C29H33N5O5/c1-29(2,3)39-28(37)34(18-19-6-8-22(38-5)9-7-19)24-17-20(10-15-31-24)16-23-25(32-26(23)35)27(36)33(4)21-11-13-30-14-12-21/h6-15,17,23,25H,16,18H2,1-5H3,(H,32,35)/t23-,25+/m1/s1. The lowest BCUT2D eigenvalue weighted by Gasteiger charge is -2.38. The molecular formula is C29H33N5O5. The first-order chi connectivity index (χ1) is 18.6. The van der Waals surface area contributed by atoms with Crippen LogP contribution in [0.3, 0.4) is 0 Å². The molecule has 1 N–H and O–H groups in total. The van der Waals surface area contributed by atoms with E-state index in [-0.39, 0.29) is 18.4 Å². The highest BCUT2D eigenvalue weighted by Gasteiger charge is 2.45. The number of ether oxygens (including phenoxy) is 2. The SMILES string of the molecule is COc1ccc(CN(C(=O)OC(C)(C)C)c2cc(C[C@H]3C(=O)N[C@@H]3C(=O)N(C)c3ccncc3)ccn2)cc1. The zero-order valence-electron chi connectivity index (χ0n) is 22.7. The Balaban J connectivity index is 1.54. The molecule has 2 atom stereocenters. The zero-order valence-corrected chi connectivity index (χ0v) is 22.7. The van der Waals surface area contributed by atoms with Crippen molar-refractivity contribution < 1.29 is 23.9 Å². The van der Waals surface area contributed by atoms with Crippen LogP contribution in [0.5, 0.6) is 5.75 Å². The molecule has 0 bridgehead atoms. The first kappa shape index (κ1) is 27.6. The largest absolute Gasteiger partial charge is 0.497 e. The fourth-order valence-corrected chi connectivity index (χ4v) is 4.22. The smallest absolute Gasteiger partial charge is 0.416 e. The number of benzene rings is 1. The normalized spacial score (nSPS) is 16.5. The molecule has 3 aromatic rings. The van der Waals surface area contributed by atoms with Crippen LogP contribution < -0.4 is 19.9 Å². The molecule has 1 aliphatic heterocycles. The second-order valence-corrected chi connectivity index (χ2v) is 10.3. The number of aromatic nitrogens is 2. The van der Waals surface area contributed by atoms with Crippen molar-refractivity contribution >= 4 is 29.4 Å². The van der Waals surface area contributed by atoms with Gasteiger partial charge < -0.3 is 19.7 Å². The average molecular weight is 532 g/mol. The minimum atomic E-state index is -0.703. The predicted octanol–water partition coefficient (Wildman–Crippen LogP) is 3.75. The van der Waals surface area contributed by atoms with Gasteiger partial charge in [0.1, 0.15) is 23.2 Å². The minimum Gasteiger partial charge on any atom is -0.497 e. The number of nitrogens with zero attached hydrogens (tertiary/aromatic N) is 4. The number of methoxy groups -OCH3 is 1. The first-order valence-electron chi connectivity index (χ1n) is 12.6. The van der Waals surface area contributed by atoms with Crippen LogP contribution in [0.4, 0.5) is 16.3 Å². The van der Waals surface area contributed by atoms with Crippen LogP contribution in [0, 0.1) is 5.92 Å². The van der Waals surface area contributed by atoms with Crippen LogP contribution in [-0.4, -0.2) is 53.7 Å². The molecule has 1 aliphatic rings. The molecule has 10 heteroatoms. The Labute approximate surface area is 228 Å². The number of carbonyl (C=O) groups excluding carboxylic acids is 3. The number of hydrogen-bond donors (Lipinski definition) is 1. The fourth-order valence-electron chi connectivity index (χ4n) is 4.22. The van der Waals surface area contributed by atoms with Gasteiger partial charge in [0.2, 0.25) is 11.8 Å². The predicted molar refractivity (Wildman–Crippen MR) is 146 cm³/mol. The Morgan fingerprint density at radius 2 is 1.69 bits per heavy atom. The lowest BCUT2D eigenvalue weighted by Crippen LogP contribution is -2.65. The molecule has 4 rings (SSSR count). The van der Waals surface area contributed by atoms with Gasteiger partial charge in [-0.1, -0.05) is 12.1 Å². The number of anilines is 2. The third-order valence-corrected chi connectivity index (χ3v) is 6.34.